The molecule has 0 unspecified atom stereocenters. The van der Waals surface area contributed by atoms with Crippen LogP contribution in [-0.2, 0) is 12.8 Å². The molecule has 4 nitrogen and oxygen atoms in total. The summed E-state index contributed by atoms with van der Waals surface area (Å²) in [6, 6.07) is 12.4. The Morgan fingerprint density at radius 2 is 2.04 bits per heavy atom. The van der Waals surface area contributed by atoms with E-state index in [1.807, 2.05) is 29.5 Å². The summed E-state index contributed by atoms with van der Waals surface area (Å²) in [6.07, 6.45) is 1.92. The van der Waals surface area contributed by atoms with Crippen molar-refractivity contribution in [2.45, 2.75) is 19.8 Å². The van der Waals surface area contributed by atoms with Crippen LogP contribution in [0.4, 0.5) is 0 Å². The lowest BCUT2D eigenvalue weighted by Gasteiger charge is -2.21. The van der Waals surface area contributed by atoms with Gasteiger partial charge >= 0.3 is 0 Å². The van der Waals surface area contributed by atoms with Gasteiger partial charge in [-0.05, 0) is 42.8 Å². The smallest absolute Gasteiger partial charge is 0.193 e. The number of nitrogens with one attached hydrogen (secondary N) is 1. The summed E-state index contributed by atoms with van der Waals surface area (Å²) in [5.74, 6) is 1.90. The Kier molecular flexibility index (Phi) is 7.62. The summed E-state index contributed by atoms with van der Waals surface area (Å²) in [7, 11) is 3.81. The molecule has 0 fully saturated rings. The molecule has 0 aliphatic rings. The molecule has 5 heteroatoms. The Hall–Kier alpha value is -2.01. The van der Waals surface area contributed by atoms with E-state index in [0.717, 1.165) is 44.2 Å². The van der Waals surface area contributed by atoms with E-state index in [1.54, 1.807) is 7.11 Å². The minimum Gasteiger partial charge on any atom is -0.496 e. The molecular weight excluding hydrogens is 318 g/mol. The summed E-state index contributed by atoms with van der Waals surface area (Å²) >= 11 is 1.81. The van der Waals surface area contributed by atoms with Crippen LogP contribution >= 0.6 is 11.3 Å². The predicted octanol–water partition coefficient (Wildman–Crippen LogP) is 3.44. The van der Waals surface area contributed by atoms with Gasteiger partial charge in [-0.1, -0.05) is 24.3 Å². The van der Waals surface area contributed by atoms with Crippen LogP contribution < -0.4 is 10.1 Å². The van der Waals surface area contributed by atoms with Gasteiger partial charge in [-0.15, -0.1) is 11.3 Å². The van der Waals surface area contributed by atoms with E-state index in [0.29, 0.717) is 0 Å². The van der Waals surface area contributed by atoms with Crippen LogP contribution in [0.3, 0.4) is 0 Å². The minimum absolute atomic E-state index is 0.742. The lowest BCUT2D eigenvalue weighted by atomic mass is 10.1. The highest BCUT2D eigenvalue weighted by Gasteiger charge is 2.07. The molecule has 2 rings (SSSR count). The van der Waals surface area contributed by atoms with E-state index in [9.17, 15) is 0 Å². The molecule has 1 aromatic heterocycles. The Morgan fingerprint density at radius 3 is 2.75 bits per heavy atom. The first kappa shape index (κ1) is 18.3. The summed E-state index contributed by atoms with van der Waals surface area (Å²) in [5.41, 5.74) is 1.20. The first-order chi connectivity index (χ1) is 11.7. The topological polar surface area (TPSA) is 36.9 Å². The number of guanidine groups is 1. The normalized spacial score (nSPS) is 11.4. The molecule has 1 N–H and O–H groups in total. The summed E-state index contributed by atoms with van der Waals surface area (Å²) < 4.78 is 5.40. The van der Waals surface area contributed by atoms with Crippen LogP contribution in [0.15, 0.2) is 46.8 Å². The summed E-state index contributed by atoms with van der Waals surface area (Å²) in [4.78, 5) is 8.37. The number of nitrogens with zero attached hydrogens (tertiary/aromatic N) is 2. The number of aliphatic imine (C=N–C) groups is 1. The highest BCUT2D eigenvalue weighted by Crippen LogP contribution is 2.17. The number of hydrogen-bond acceptors (Lipinski definition) is 3. The van der Waals surface area contributed by atoms with E-state index in [2.05, 4.69) is 47.8 Å². The zero-order chi connectivity index (χ0) is 17.2. The number of benzene rings is 1. The van der Waals surface area contributed by atoms with Crippen LogP contribution in [0, 0.1) is 0 Å². The molecule has 1 heterocycles. The van der Waals surface area contributed by atoms with Crippen molar-refractivity contribution in [1.82, 2.24) is 10.2 Å². The van der Waals surface area contributed by atoms with Crippen molar-refractivity contribution in [3.05, 3.63) is 52.2 Å². The van der Waals surface area contributed by atoms with Gasteiger partial charge < -0.3 is 15.0 Å². The average molecular weight is 346 g/mol. The molecular formula is C19H27N3OS. The second-order valence-corrected chi connectivity index (χ2v) is 6.58. The number of thiophene rings is 1. The van der Waals surface area contributed by atoms with Crippen molar-refractivity contribution in [3.8, 4) is 5.75 Å². The third kappa shape index (κ3) is 5.57. The van der Waals surface area contributed by atoms with Crippen molar-refractivity contribution >= 4 is 17.3 Å². The van der Waals surface area contributed by atoms with Crippen molar-refractivity contribution in [1.29, 1.82) is 0 Å². The lowest BCUT2D eigenvalue weighted by Crippen LogP contribution is -2.40. The van der Waals surface area contributed by atoms with Crippen LogP contribution in [0.1, 0.15) is 17.4 Å². The number of hydrogen-bond donors (Lipinski definition) is 1. The second-order valence-electron chi connectivity index (χ2n) is 5.55. The maximum atomic E-state index is 5.40. The lowest BCUT2D eigenvalue weighted by molar-refractivity contribution is 0.409. The zero-order valence-corrected chi connectivity index (χ0v) is 15.6. The molecule has 1 aromatic carbocycles. The third-order valence-electron chi connectivity index (χ3n) is 3.81. The fraction of sp³-hybridized carbons (Fsp3) is 0.421. The molecule has 0 bridgehead atoms. The number of para-hydroxylation sites is 1. The van der Waals surface area contributed by atoms with Gasteiger partial charge in [-0.2, -0.15) is 0 Å². The zero-order valence-electron chi connectivity index (χ0n) is 14.8. The Balaban J connectivity index is 1.91. The molecule has 0 aliphatic heterocycles. The van der Waals surface area contributed by atoms with E-state index in [1.165, 1.54) is 10.4 Å². The third-order valence-corrected chi connectivity index (χ3v) is 4.74. The quantitative estimate of drug-likeness (QED) is 0.588. The maximum absolute atomic E-state index is 5.40. The second kappa shape index (κ2) is 9.98. The first-order valence-electron chi connectivity index (χ1n) is 8.38. The molecule has 0 saturated heterocycles. The number of rotatable bonds is 8. The monoisotopic (exact) mass is 345 g/mol. The van der Waals surface area contributed by atoms with Gasteiger partial charge in [0.2, 0.25) is 0 Å². The van der Waals surface area contributed by atoms with Gasteiger partial charge in [-0.25, -0.2) is 0 Å². The highest BCUT2D eigenvalue weighted by atomic mass is 32.1. The standard InChI is InChI=1S/C19H27N3OS/c1-4-20-19(22(2)14-12-17-9-7-15-24-17)21-13-11-16-8-5-6-10-18(16)23-3/h5-10,15H,4,11-14H2,1-3H3,(H,20,21). The van der Waals surface area contributed by atoms with Gasteiger partial charge in [0, 0.05) is 31.6 Å². The largest absolute Gasteiger partial charge is 0.496 e. The van der Waals surface area contributed by atoms with Crippen LogP contribution in [-0.4, -0.2) is 44.7 Å². The van der Waals surface area contributed by atoms with Crippen molar-refractivity contribution in [2.75, 3.05) is 33.8 Å². The Morgan fingerprint density at radius 1 is 1.21 bits per heavy atom. The molecule has 24 heavy (non-hydrogen) atoms. The summed E-state index contributed by atoms with van der Waals surface area (Å²) in [6.45, 7) is 4.67. The maximum Gasteiger partial charge on any atom is 0.193 e. The molecule has 0 aliphatic carbocycles. The van der Waals surface area contributed by atoms with Crippen molar-refractivity contribution in [3.63, 3.8) is 0 Å². The average Bonchev–Trinajstić information content (AvgIpc) is 3.13. The van der Waals surface area contributed by atoms with E-state index in [-0.39, 0.29) is 0 Å². The Bertz CT molecular complexity index is 625. The van der Waals surface area contributed by atoms with Crippen molar-refractivity contribution in [2.24, 2.45) is 4.99 Å². The predicted molar refractivity (Wildman–Crippen MR) is 103 cm³/mol. The molecule has 0 amide bonds. The number of likely N-dealkylation sites (N-methyl/N-ethyl adjacent to an activating group) is 1. The summed E-state index contributed by atoms with van der Waals surface area (Å²) in [5, 5.41) is 5.50. The Labute approximate surface area is 149 Å². The SMILES string of the molecule is CCNC(=NCCc1ccccc1OC)N(C)CCc1cccs1. The molecule has 0 saturated carbocycles. The van der Waals surface area contributed by atoms with E-state index in [4.69, 9.17) is 9.73 Å². The van der Waals surface area contributed by atoms with Gasteiger partial charge in [0.15, 0.2) is 5.96 Å². The number of ether oxygens (including phenoxy) is 1. The van der Waals surface area contributed by atoms with E-state index >= 15 is 0 Å². The molecule has 130 valence electrons. The fourth-order valence-corrected chi connectivity index (χ4v) is 3.20. The molecule has 0 radical (unpaired) electrons. The van der Waals surface area contributed by atoms with Crippen LogP contribution in [0.2, 0.25) is 0 Å². The van der Waals surface area contributed by atoms with Gasteiger partial charge in [0.1, 0.15) is 5.75 Å². The molecule has 0 spiro atoms. The van der Waals surface area contributed by atoms with E-state index < -0.39 is 0 Å². The van der Waals surface area contributed by atoms with Gasteiger partial charge in [0.05, 0.1) is 7.11 Å². The highest BCUT2D eigenvalue weighted by molar-refractivity contribution is 7.09. The van der Waals surface area contributed by atoms with Gasteiger partial charge in [-0.3, -0.25) is 4.99 Å². The minimum atomic E-state index is 0.742. The van der Waals surface area contributed by atoms with Crippen LogP contribution in [0.25, 0.3) is 0 Å². The molecule has 0 atom stereocenters. The van der Waals surface area contributed by atoms with Gasteiger partial charge in [0.25, 0.3) is 0 Å². The number of methoxy groups -OCH3 is 1. The molecule has 2 aromatic rings. The first-order valence-corrected chi connectivity index (χ1v) is 9.26. The van der Waals surface area contributed by atoms with Crippen LogP contribution in [0.5, 0.6) is 5.75 Å². The fourth-order valence-electron chi connectivity index (χ4n) is 2.50. The van der Waals surface area contributed by atoms with Crippen molar-refractivity contribution < 1.29 is 4.74 Å².